The number of fused-ring (bicyclic) bond motifs is 1. The Hall–Kier alpha value is -0.900. The zero-order chi connectivity index (χ0) is 11.8. The number of hydrogen-bond donors (Lipinski definition) is 1. The van der Waals surface area contributed by atoms with Gasteiger partial charge in [0, 0.05) is 19.0 Å². The average molecular weight is 222 g/mol. The van der Waals surface area contributed by atoms with Gasteiger partial charge in [0.2, 0.25) is 0 Å². The third-order valence-corrected chi connectivity index (χ3v) is 2.89. The summed E-state index contributed by atoms with van der Waals surface area (Å²) < 4.78 is 2.05. The molecule has 1 unspecified atom stereocenters. The molecular weight excluding hydrogens is 200 g/mol. The lowest BCUT2D eigenvalue weighted by molar-refractivity contribution is 0.300. The number of nitrogens with zero attached hydrogens (tertiary/aromatic N) is 3. The predicted molar refractivity (Wildman–Crippen MR) is 64.3 cm³/mol. The Kier molecular flexibility index (Phi) is 3.02. The Morgan fingerprint density at radius 1 is 1.44 bits per heavy atom. The van der Waals surface area contributed by atoms with Gasteiger partial charge in [-0.05, 0) is 18.8 Å². The molecule has 0 radical (unpaired) electrons. The molecule has 0 amide bonds. The highest BCUT2D eigenvalue weighted by Gasteiger charge is 2.21. The molecule has 90 valence electrons. The zero-order valence-electron chi connectivity index (χ0n) is 10.7. The van der Waals surface area contributed by atoms with Crippen molar-refractivity contribution in [3.63, 3.8) is 0 Å². The van der Waals surface area contributed by atoms with E-state index in [0.29, 0.717) is 11.5 Å². The van der Waals surface area contributed by atoms with Crippen LogP contribution in [0.4, 0.5) is 0 Å². The van der Waals surface area contributed by atoms with E-state index in [4.69, 9.17) is 0 Å². The minimum Gasteiger partial charge on any atom is -0.312 e. The normalized spacial score (nSPS) is 20.9. The first-order chi connectivity index (χ1) is 7.44. The summed E-state index contributed by atoms with van der Waals surface area (Å²) in [4.78, 5) is 4.42. The molecule has 0 aromatic carbocycles. The standard InChI is InChI=1S/C12H22N4/c1-9-14-11-6-5-10(7-16(11)15-9)13-8-12(2,3)4/h10,13H,5-8H2,1-4H3. The van der Waals surface area contributed by atoms with Gasteiger partial charge in [0.25, 0.3) is 0 Å². The molecular formula is C12H22N4. The van der Waals surface area contributed by atoms with Gasteiger partial charge in [-0.3, -0.25) is 0 Å². The van der Waals surface area contributed by atoms with Crippen LogP contribution in [0.15, 0.2) is 0 Å². The maximum Gasteiger partial charge on any atom is 0.147 e. The van der Waals surface area contributed by atoms with Crippen LogP contribution in [0.2, 0.25) is 0 Å². The summed E-state index contributed by atoms with van der Waals surface area (Å²) in [5.74, 6) is 2.04. The lowest BCUT2D eigenvalue weighted by Crippen LogP contribution is -2.41. The maximum absolute atomic E-state index is 4.42. The molecule has 0 fully saturated rings. The van der Waals surface area contributed by atoms with Crippen LogP contribution < -0.4 is 5.32 Å². The van der Waals surface area contributed by atoms with E-state index >= 15 is 0 Å². The second-order valence-electron chi connectivity index (χ2n) is 5.93. The van der Waals surface area contributed by atoms with Crippen molar-refractivity contribution in [1.29, 1.82) is 0 Å². The van der Waals surface area contributed by atoms with E-state index in [1.54, 1.807) is 0 Å². The van der Waals surface area contributed by atoms with Crippen molar-refractivity contribution >= 4 is 0 Å². The molecule has 4 heteroatoms. The Bertz CT molecular complexity index is 362. The lowest BCUT2D eigenvalue weighted by Gasteiger charge is -2.27. The van der Waals surface area contributed by atoms with Gasteiger partial charge >= 0.3 is 0 Å². The van der Waals surface area contributed by atoms with Gasteiger partial charge in [0.15, 0.2) is 0 Å². The quantitative estimate of drug-likeness (QED) is 0.825. The molecule has 1 aromatic rings. The molecule has 0 aliphatic carbocycles. The van der Waals surface area contributed by atoms with Crippen LogP contribution in [0.25, 0.3) is 0 Å². The molecule has 16 heavy (non-hydrogen) atoms. The van der Waals surface area contributed by atoms with Crippen LogP contribution in [-0.4, -0.2) is 27.4 Å². The van der Waals surface area contributed by atoms with Crippen molar-refractivity contribution in [3.05, 3.63) is 11.6 Å². The van der Waals surface area contributed by atoms with E-state index in [0.717, 1.165) is 31.2 Å². The number of hydrogen-bond acceptors (Lipinski definition) is 3. The Morgan fingerprint density at radius 2 is 2.19 bits per heavy atom. The van der Waals surface area contributed by atoms with Crippen molar-refractivity contribution in [2.24, 2.45) is 5.41 Å². The van der Waals surface area contributed by atoms with Crippen LogP contribution in [0.1, 0.15) is 38.8 Å². The highest BCUT2D eigenvalue weighted by molar-refractivity contribution is 4.96. The van der Waals surface area contributed by atoms with Gasteiger partial charge in [-0.25, -0.2) is 9.67 Å². The monoisotopic (exact) mass is 222 g/mol. The molecule has 0 saturated carbocycles. The summed E-state index contributed by atoms with van der Waals surface area (Å²) in [6, 6.07) is 0.549. The molecule has 1 aliphatic rings. The maximum atomic E-state index is 4.42. The van der Waals surface area contributed by atoms with Crippen molar-refractivity contribution in [2.75, 3.05) is 6.54 Å². The van der Waals surface area contributed by atoms with Crippen molar-refractivity contribution in [1.82, 2.24) is 20.1 Å². The fourth-order valence-corrected chi connectivity index (χ4v) is 2.05. The highest BCUT2D eigenvalue weighted by atomic mass is 15.4. The lowest BCUT2D eigenvalue weighted by atomic mass is 9.96. The Balaban J connectivity index is 1.92. The number of aryl methyl sites for hydroxylation is 2. The summed E-state index contributed by atoms with van der Waals surface area (Å²) in [7, 11) is 0. The summed E-state index contributed by atoms with van der Waals surface area (Å²) in [5, 5.41) is 8.03. The Labute approximate surface area is 97.5 Å². The molecule has 2 heterocycles. The molecule has 0 saturated heterocycles. The first kappa shape index (κ1) is 11.6. The minimum atomic E-state index is 0.346. The summed E-state index contributed by atoms with van der Waals surface area (Å²) in [6.45, 7) is 10.8. The van der Waals surface area contributed by atoms with Gasteiger partial charge in [-0.1, -0.05) is 20.8 Å². The number of rotatable bonds is 2. The van der Waals surface area contributed by atoms with Gasteiger partial charge in [-0.2, -0.15) is 5.10 Å². The van der Waals surface area contributed by atoms with Crippen LogP contribution >= 0.6 is 0 Å². The van der Waals surface area contributed by atoms with Gasteiger partial charge < -0.3 is 5.32 Å². The molecule has 1 aliphatic heterocycles. The summed E-state index contributed by atoms with van der Waals surface area (Å²) >= 11 is 0. The van der Waals surface area contributed by atoms with E-state index in [1.165, 1.54) is 6.42 Å². The van der Waals surface area contributed by atoms with E-state index in [-0.39, 0.29) is 0 Å². The summed E-state index contributed by atoms with van der Waals surface area (Å²) in [6.07, 6.45) is 2.22. The predicted octanol–water partition coefficient (Wildman–Crippen LogP) is 1.54. The minimum absolute atomic E-state index is 0.346. The second kappa shape index (κ2) is 4.17. The molecule has 1 aromatic heterocycles. The topological polar surface area (TPSA) is 42.7 Å². The fraction of sp³-hybridized carbons (Fsp3) is 0.833. The van der Waals surface area contributed by atoms with Gasteiger partial charge in [-0.15, -0.1) is 0 Å². The van der Waals surface area contributed by atoms with E-state index in [9.17, 15) is 0 Å². The van der Waals surface area contributed by atoms with Crippen molar-refractivity contribution in [2.45, 2.75) is 53.1 Å². The highest BCUT2D eigenvalue weighted by Crippen LogP contribution is 2.15. The first-order valence-electron chi connectivity index (χ1n) is 6.08. The average Bonchev–Trinajstić information content (AvgIpc) is 2.52. The van der Waals surface area contributed by atoms with E-state index < -0.39 is 0 Å². The van der Waals surface area contributed by atoms with Crippen LogP contribution in [0.5, 0.6) is 0 Å². The Morgan fingerprint density at radius 3 is 2.88 bits per heavy atom. The summed E-state index contributed by atoms with van der Waals surface area (Å²) in [5.41, 5.74) is 0.346. The molecule has 4 nitrogen and oxygen atoms in total. The van der Waals surface area contributed by atoms with Gasteiger partial charge in [0.1, 0.15) is 11.6 Å². The fourth-order valence-electron chi connectivity index (χ4n) is 2.05. The molecule has 2 rings (SSSR count). The van der Waals surface area contributed by atoms with Crippen molar-refractivity contribution < 1.29 is 0 Å². The SMILES string of the molecule is Cc1nc2n(n1)CC(NCC(C)(C)C)CC2. The van der Waals surface area contributed by atoms with E-state index in [2.05, 4.69) is 40.9 Å². The van der Waals surface area contributed by atoms with Crippen molar-refractivity contribution in [3.8, 4) is 0 Å². The number of aromatic nitrogens is 3. The van der Waals surface area contributed by atoms with Crippen LogP contribution in [-0.2, 0) is 13.0 Å². The molecule has 1 N–H and O–H groups in total. The largest absolute Gasteiger partial charge is 0.312 e. The second-order valence-corrected chi connectivity index (χ2v) is 5.93. The van der Waals surface area contributed by atoms with Crippen LogP contribution in [0.3, 0.4) is 0 Å². The zero-order valence-corrected chi connectivity index (χ0v) is 10.7. The molecule has 0 spiro atoms. The number of nitrogens with one attached hydrogen (secondary N) is 1. The van der Waals surface area contributed by atoms with Gasteiger partial charge in [0.05, 0.1) is 6.54 Å². The third kappa shape index (κ3) is 2.82. The molecule has 0 bridgehead atoms. The van der Waals surface area contributed by atoms with E-state index in [1.807, 2.05) is 6.92 Å². The third-order valence-electron chi connectivity index (χ3n) is 2.89. The first-order valence-corrected chi connectivity index (χ1v) is 6.08. The molecule has 1 atom stereocenters. The smallest absolute Gasteiger partial charge is 0.147 e. The van der Waals surface area contributed by atoms with Crippen LogP contribution in [0, 0.1) is 12.3 Å².